The number of rotatable bonds is 3. The van der Waals surface area contributed by atoms with Gasteiger partial charge in [-0.25, -0.2) is 4.39 Å². The predicted molar refractivity (Wildman–Crippen MR) is 87.8 cm³/mol. The third-order valence-electron chi connectivity index (χ3n) is 3.53. The summed E-state index contributed by atoms with van der Waals surface area (Å²) in [5.41, 5.74) is 4.50. The van der Waals surface area contributed by atoms with Gasteiger partial charge in [0.1, 0.15) is 12.4 Å². The fourth-order valence-electron chi connectivity index (χ4n) is 2.27. The maximum atomic E-state index is 13.7. The van der Waals surface area contributed by atoms with E-state index in [2.05, 4.69) is 10.9 Å². The summed E-state index contributed by atoms with van der Waals surface area (Å²) in [4.78, 5) is 23.9. The first-order chi connectivity index (χ1) is 12.0. The van der Waals surface area contributed by atoms with Crippen molar-refractivity contribution in [2.24, 2.45) is 0 Å². The molecule has 1 unspecified atom stereocenters. The van der Waals surface area contributed by atoms with E-state index in [0.717, 1.165) is 0 Å². The molecule has 0 fully saturated rings. The van der Waals surface area contributed by atoms with Gasteiger partial charge in [-0.1, -0.05) is 29.8 Å². The number of carbonyl (C=O) groups is 2. The number of benzene rings is 2. The van der Waals surface area contributed by atoms with E-state index in [1.54, 1.807) is 24.3 Å². The van der Waals surface area contributed by atoms with Crippen molar-refractivity contribution in [2.75, 3.05) is 6.61 Å². The summed E-state index contributed by atoms with van der Waals surface area (Å²) in [7, 11) is 0. The summed E-state index contributed by atoms with van der Waals surface area (Å²) < 4.78 is 24.6. The number of nitrogens with one attached hydrogen (secondary N) is 2. The standard InChI is InChI=1S/C17H14ClFN2O4/c18-11-4-3-5-12(19)10(11)8-16(22)20-21-17(23)15-9-24-13-6-1-2-7-14(13)25-15/h1-7,15H,8-9H2,(H,20,22)(H,21,23). The third kappa shape index (κ3) is 4.00. The summed E-state index contributed by atoms with van der Waals surface area (Å²) in [5.74, 6) is -0.794. The molecule has 1 aliphatic rings. The highest BCUT2D eigenvalue weighted by atomic mass is 35.5. The van der Waals surface area contributed by atoms with Gasteiger partial charge in [0.2, 0.25) is 12.0 Å². The Balaban J connectivity index is 1.53. The van der Waals surface area contributed by atoms with Gasteiger partial charge >= 0.3 is 0 Å². The molecule has 0 saturated carbocycles. The number of halogens is 2. The molecule has 0 radical (unpaired) electrons. The Morgan fingerprint density at radius 2 is 1.88 bits per heavy atom. The summed E-state index contributed by atoms with van der Waals surface area (Å²) >= 11 is 5.86. The lowest BCUT2D eigenvalue weighted by molar-refractivity contribution is -0.134. The van der Waals surface area contributed by atoms with Crippen molar-refractivity contribution in [2.45, 2.75) is 12.5 Å². The minimum Gasteiger partial charge on any atom is -0.485 e. The van der Waals surface area contributed by atoms with Gasteiger partial charge in [0, 0.05) is 10.6 Å². The first kappa shape index (κ1) is 17.0. The van der Waals surface area contributed by atoms with Gasteiger partial charge in [-0.15, -0.1) is 0 Å². The van der Waals surface area contributed by atoms with E-state index in [-0.39, 0.29) is 23.6 Å². The first-order valence-corrected chi connectivity index (χ1v) is 7.82. The van der Waals surface area contributed by atoms with E-state index in [1.165, 1.54) is 18.2 Å². The molecule has 0 aliphatic carbocycles. The van der Waals surface area contributed by atoms with Crippen LogP contribution in [-0.2, 0) is 16.0 Å². The molecule has 130 valence electrons. The van der Waals surface area contributed by atoms with Crippen molar-refractivity contribution in [1.29, 1.82) is 0 Å². The Labute approximate surface area is 147 Å². The Hall–Kier alpha value is -2.80. The zero-order valence-electron chi connectivity index (χ0n) is 12.9. The van der Waals surface area contributed by atoms with Gasteiger partial charge < -0.3 is 9.47 Å². The second kappa shape index (κ2) is 7.40. The monoisotopic (exact) mass is 364 g/mol. The molecule has 1 heterocycles. The lowest BCUT2D eigenvalue weighted by Crippen LogP contribution is -2.51. The van der Waals surface area contributed by atoms with Crippen LogP contribution < -0.4 is 20.3 Å². The van der Waals surface area contributed by atoms with Gasteiger partial charge in [-0.05, 0) is 24.3 Å². The maximum absolute atomic E-state index is 13.7. The van der Waals surface area contributed by atoms with Crippen LogP contribution in [0.3, 0.4) is 0 Å². The average Bonchev–Trinajstić information content (AvgIpc) is 2.62. The molecule has 2 N–H and O–H groups in total. The van der Waals surface area contributed by atoms with E-state index in [4.69, 9.17) is 21.1 Å². The van der Waals surface area contributed by atoms with Crippen LogP contribution >= 0.6 is 11.6 Å². The minimum atomic E-state index is -0.910. The van der Waals surface area contributed by atoms with Crippen LogP contribution in [0.15, 0.2) is 42.5 Å². The molecule has 2 aromatic carbocycles. The van der Waals surface area contributed by atoms with Crippen LogP contribution in [0, 0.1) is 5.82 Å². The molecule has 0 aromatic heterocycles. The topological polar surface area (TPSA) is 76.7 Å². The number of fused-ring (bicyclic) bond motifs is 1. The van der Waals surface area contributed by atoms with Crippen molar-refractivity contribution in [3.63, 3.8) is 0 Å². The van der Waals surface area contributed by atoms with E-state index in [0.29, 0.717) is 11.5 Å². The van der Waals surface area contributed by atoms with Crippen LogP contribution in [-0.4, -0.2) is 24.5 Å². The molecule has 2 amide bonds. The van der Waals surface area contributed by atoms with Crippen molar-refractivity contribution < 1.29 is 23.5 Å². The molecule has 0 spiro atoms. The van der Waals surface area contributed by atoms with E-state index in [9.17, 15) is 14.0 Å². The van der Waals surface area contributed by atoms with E-state index >= 15 is 0 Å². The first-order valence-electron chi connectivity index (χ1n) is 7.44. The molecule has 0 saturated heterocycles. The zero-order chi connectivity index (χ0) is 17.8. The Morgan fingerprint density at radius 1 is 1.12 bits per heavy atom. The van der Waals surface area contributed by atoms with Crippen LogP contribution in [0.5, 0.6) is 11.5 Å². The predicted octanol–water partition coefficient (Wildman–Crippen LogP) is 2.01. The largest absolute Gasteiger partial charge is 0.485 e. The fraction of sp³-hybridized carbons (Fsp3) is 0.176. The van der Waals surface area contributed by atoms with Gasteiger partial charge in [0.05, 0.1) is 6.42 Å². The van der Waals surface area contributed by atoms with Crippen LogP contribution in [0.2, 0.25) is 5.02 Å². The molecule has 6 nitrogen and oxygen atoms in total. The number of hydrogen-bond acceptors (Lipinski definition) is 4. The third-order valence-corrected chi connectivity index (χ3v) is 3.88. The number of para-hydroxylation sites is 2. The SMILES string of the molecule is O=C(Cc1c(F)cccc1Cl)NNC(=O)C1COc2ccccc2O1. The van der Waals surface area contributed by atoms with Crippen LogP contribution in [0.1, 0.15) is 5.56 Å². The number of amides is 2. The second-order valence-electron chi connectivity index (χ2n) is 5.28. The van der Waals surface area contributed by atoms with Gasteiger partial charge in [0.15, 0.2) is 11.5 Å². The number of hydrazine groups is 1. The Kier molecular flexibility index (Phi) is 5.04. The smallest absolute Gasteiger partial charge is 0.283 e. The molecule has 1 atom stereocenters. The van der Waals surface area contributed by atoms with Crippen molar-refractivity contribution in [1.82, 2.24) is 10.9 Å². The molecule has 8 heteroatoms. The number of carbonyl (C=O) groups excluding carboxylic acids is 2. The van der Waals surface area contributed by atoms with Crippen molar-refractivity contribution in [3.8, 4) is 11.5 Å². The van der Waals surface area contributed by atoms with Crippen LogP contribution in [0.25, 0.3) is 0 Å². The van der Waals surface area contributed by atoms with E-state index < -0.39 is 23.7 Å². The van der Waals surface area contributed by atoms with Gasteiger partial charge in [-0.3, -0.25) is 20.4 Å². The molecule has 3 rings (SSSR count). The highest BCUT2D eigenvalue weighted by molar-refractivity contribution is 6.31. The van der Waals surface area contributed by atoms with Crippen molar-refractivity contribution in [3.05, 3.63) is 58.9 Å². The second-order valence-corrected chi connectivity index (χ2v) is 5.69. The quantitative estimate of drug-likeness (QED) is 0.817. The summed E-state index contributed by atoms with van der Waals surface area (Å²) in [6, 6.07) is 11.1. The molecule has 1 aliphatic heterocycles. The summed E-state index contributed by atoms with van der Waals surface area (Å²) in [5, 5.41) is 0.141. The molecule has 0 bridgehead atoms. The highest BCUT2D eigenvalue weighted by Gasteiger charge is 2.27. The lowest BCUT2D eigenvalue weighted by atomic mass is 10.1. The zero-order valence-corrected chi connectivity index (χ0v) is 13.7. The van der Waals surface area contributed by atoms with E-state index in [1.807, 2.05) is 0 Å². The number of ether oxygens (including phenoxy) is 2. The van der Waals surface area contributed by atoms with Gasteiger partial charge in [-0.2, -0.15) is 0 Å². The lowest BCUT2D eigenvalue weighted by Gasteiger charge is -2.25. The van der Waals surface area contributed by atoms with Crippen molar-refractivity contribution >= 4 is 23.4 Å². The Morgan fingerprint density at radius 3 is 2.64 bits per heavy atom. The molecule has 25 heavy (non-hydrogen) atoms. The minimum absolute atomic E-state index is 0.0118. The summed E-state index contributed by atoms with van der Waals surface area (Å²) in [6.07, 6.45) is -1.22. The summed E-state index contributed by atoms with van der Waals surface area (Å²) in [6.45, 7) is 0.0118. The highest BCUT2D eigenvalue weighted by Crippen LogP contribution is 2.30. The Bertz CT molecular complexity index is 795. The molecule has 2 aromatic rings. The normalized spacial score (nSPS) is 15.4. The fourth-order valence-corrected chi connectivity index (χ4v) is 2.50. The van der Waals surface area contributed by atoms with Gasteiger partial charge in [0.25, 0.3) is 5.91 Å². The molecular formula is C17H14ClFN2O4. The molecular weight excluding hydrogens is 351 g/mol. The average molecular weight is 365 g/mol. The number of hydrogen-bond donors (Lipinski definition) is 2. The maximum Gasteiger partial charge on any atom is 0.283 e. The van der Waals surface area contributed by atoms with Crippen LogP contribution in [0.4, 0.5) is 4.39 Å².